The first-order valence-corrected chi connectivity index (χ1v) is 13.8. The summed E-state index contributed by atoms with van der Waals surface area (Å²) in [6.07, 6.45) is 2.30. The number of hydrogen-bond acceptors (Lipinski definition) is 8. The summed E-state index contributed by atoms with van der Waals surface area (Å²) in [4.78, 5) is 30.7. The average molecular weight is 580 g/mol. The number of urea groups is 1. The molecule has 1 saturated heterocycles. The average Bonchev–Trinajstić information content (AvgIpc) is 3.27. The largest absolute Gasteiger partial charge is 0.506 e. The van der Waals surface area contributed by atoms with Gasteiger partial charge in [0.15, 0.2) is 0 Å². The summed E-state index contributed by atoms with van der Waals surface area (Å²) < 4.78 is 24.9. The molecule has 0 aliphatic carbocycles. The molecular weight excluding hydrogens is 549 g/mol. The highest BCUT2D eigenvalue weighted by Crippen LogP contribution is 2.41. The van der Waals surface area contributed by atoms with Crippen molar-refractivity contribution in [1.29, 1.82) is 0 Å². The third-order valence-electron chi connectivity index (χ3n) is 6.39. The van der Waals surface area contributed by atoms with Gasteiger partial charge in [-0.3, -0.25) is 0 Å². The number of hydrogen-bond donors (Lipinski definition) is 3. The topological polar surface area (TPSA) is 121 Å². The molecule has 0 aromatic heterocycles. The molecular formula is C30H30FN3O6S. The van der Waals surface area contributed by atoms with Gasteiger partial charge in [-0.15, -0.1) is 0 Å². The summed E-state index contributed by atoms with van der Waals surface area (Å²) >= 11 is 1.000. The highest BCUT2D eigenvalue weighted by atomic mass is 32.2. The highest BCUT2D eigenvalue weighted by Gasteiger charge is 2.34. The molecule has 9 nitrogen and oxygen atoms in total. The van der Waals surface area contributed by atoms with Crippen molar-refractivity contribution in [1.82, 2.24) is 10.2 Å². The molecule has 0 bridgehead atoms. The van der Waals surface area contributed by atoms with Gasteiger partial charge in [0.05, 0.1) is 12.0 Å². The van der Waals surface area contributed by atoms with Crippen LogP contribution in [0, 0.1) is 17.7 Å². The van der Waals surface area contributed by atoms with Crippen LogP contribution in [0.2, 0.25) is 0 Å². The fraction of sp³-hybridized carbons (Fsp3) is 0.300. The number of nitrogens with zero attached hydrogens (tertiary/aromatic N) is 2. The van der Waals surface area contributed by atoms with Gasteiger partial charge in [0, 0.05) is 38.0 Å². The van der Waals surface area contributed by atoms with Crippen molar-refractivity contribution in [2.45, 2.75) is 25.4 Å². The normalized spacial score (nSPS) is 18.2. The number of aliphatic hydroxyl groups is 2. The number of piperidine rings is 1. The van der Waals surface area contributed by atoms with Crippen molar-refractivity contribution < 1.29 is 33.7 Å². The standard InChI is InChI=1S/C30H30FN3O6S/c1-3-32-29(37)34-16-14-30(38,15-17-34)13-8-18-40-23-12-7-4-9-20(23)19-24-26(35)25(28(36)39-2)27(41-24)33-22-11-6-5-10-21(22)31/h4-7,9-12,19,35,38H,3,14-18H2,1-2H3,(H,32,37)/b24-19-,33-27?. The fourth-order valence-corrected chi connectivity index (χ4v) is 5.22. The van der Waals surface area contributed by atoms with Gasteiger partial charge in [-0.1, -0.05) is 53.9 Å². The number of methoxy groups -OCH3 is 1. The number of aliphatic imine (C=N–C) groups is 1. The van der Waals surface area contributed by atoms with Gasteiger partial charge in [0.2, 0.25) is 0 Å². The Kier molecular flexibility index (Phi) is 9.70. The summed E-state index contributed by atoms with van der Waals surface area (Å²) in [5.74, 6) is 4.49. The summed E-state index contributed by atoms with van der Waals surface area (Å²) in [5, 5.41) is 24.5. The number of carbonyl (C=O) groups excluding carboxylic acids is 2. The second kappa shape index (κ2) is 13.4. The second-order valence-electron chi connectivity index (χ2n) is 9.18. The van der Waals surface area contributed by atoms with Crippen molar-refractivity contribution in [3.8, 4) is 17.6 Å². The Labute approximate surface area is 241 Å². The molecule has 0 saturated carbocycles. The molecule has 3 N–H and O–H groups in total. The number of aliphatic hydroxyl groups excluding tert-OH is 1. The summed E-state index contributed by atoms with van der Waals surface area (Å²) in [6.45, 7) is 3.18. The van der Waals surface area contributed by atoms with E-state index in [1.54, 1.807) is 41.3 Å². The third-order valence-corrected chi connectivity index (χ3v) is 7.41. The van der Waals surface area contributed by atoms with Gasteiger partial charge in [0.1, 0.15) is 45.8 Å². The Morgan fingerprint density at radius 1 is 1.20 bits per heavy atom. The van der Waals surface area contributed by atoms with Gasteiger partial charge in [0.25, 0.3) is 0 Å². The van der Waals surface area contributed by atoms with E-state index >= 15 is 0 Å². The zero-order valence-corrected chi connectivity index (χ0v) is 23.5. The van der Waals surface area contributed by atoms with Crippen LogP contribution in [-0.2, 0) is 9.53 Å². The molecule has 2 aliphatic rings. The molecule has 2 aromatic carbocycles. The lowest BCUT2D eigenvalue weighted by Crippen LogP contribution is -2.49. The Morgan fingerprint density at radius 3 is 2.61 bits per heavy atom. The van der Waals surface area contributed by atoms with Gasteiger partial charge >= 0.3 is 12.0 Å². The molecule has 1 fully saturated rings. The molecule has 0 atom stereocenters. The van der Waals surface area contributed by atoms with Crippen molar-refractivity contribution in [3.63, 3.8) is 0 Å². The van der Waals surface area contributed by atoms with Crippen molar-refractivity contribution in [2.24, 2.45) is 4.99 Å². The maximum absolute atomic E-state index is 14.2. The molecule has 2 amide bonds. The molecule has 2 aliphatic heterocycles. The Balaban J connectivity index is 1.49. The van der Waals surface area contributed by atoms with Crippen LogP contribution >= 0.6 is 11.8 Å². The van der Waals surface area contributed by atoms with E-state index in [2.05, 4.69) is 22.2 Å². The Hall–Kier alpha value is -4.27. The van der Waals surface area contributed by atoms with Gasteiger partial charge < -0.3 is 29.9 Å². The number of benzene rings is 2. The van der Waals surface area contributed by atoms with Gasteiger partial charge in [-0.25, -0.2) is 19.0 Å². The number of halogens is 1. The van der Waals surface area contributed by atoms with E-state index in [4.69, 9.17) is 9.47 Å². The number of carbonyl (C=O) groups is 2. The van der Waals surface area contributed by atoms with E-state index in [0.29, 0.717) is 48.7 Å². The number of thioether (sulfide) groups is 1. The van der Waals surface area contributed by atoms with E-state index in [9.17, 15) is 24.2 Å². The van der Waals surface area contributed by atoms with Gasteiger partial charge in [-0.05, 0) is 31.2 Å². The quantitative estimate of drug-likeness (QED) is 0.339. The zero-order chi connectivity index (χ0) is 29.4. The van der Waals surface area contributed by atoms with Crippen LogP contribution < -0.4 is 10.1 Å². The number of likely N-dealkylation sites (tertiary alicyclic amines) is 1. The van der Waals surface area contributed by atoms with Crippen LogP contribution in [0.25, 0.3) is 6.08 Å². The first-order chi connectivity index (χ1) is 19.7. The molecule has 2 heterocycles. The summed E-state index contributed by atoms with van der Waals surface area (Å²) in [6, 6.07) is 12.8. The number of para-hydroxylation sites is 2. The summed E-state index contributed by atoms with van der Waals surface area (Å²) in [5.41, 5.74) is -0.760. The first kappa shape index (κ1) is 29.7. The smallest absolute Gasteiger partial charge is 0.344 e. The summed E-state index contributed by atoms with van der Waals surface area (Å²) in [7, 11) is 1.18. The highest BCUT2D eigenvalue weighted by molar-refractivity contribution is 8.18. The monoisotopic (exact) mass is 579 g/mol. The van der Waals surface area contributed by atoms with Crippen molar-refractivity contribution in [3.05, 3.63) is 76.1 Å². The second-order valence-corrected chi connectivity index (χ2v) is 10.2. The van der Waals surface area contributed by atoms with E-state index in [-0.39, 0.29) is 34.7 Å². The third kappa shape index (κ3) is 7.28. The molecule has 0 spiro atoms. The lowest BCUT2D eigenvalue weighted by atomic mass is 9.92. The van der Waals surface area contributed by atoms with Crippen LogP contribution in [0.15, 0.2) is 69.8 Å². The fourth-order valence-electron chi connectivity index (χ4n) is 4.20. The van der Waals surface area contributed by atoms with Crippen LogP contribution in [0.4, 0.5) is 14.9 Å². The predicted molar refractivity (Wildman–Crippen MR) is 155 cm³/mol. The lowest BCUT2D eigenvalue weighted by molar-refractivity contribution is -0.135. The molecule has 2 aromatic rings. The molecule has 0 radical (unpaired) electrons. The van der Waals surface area contributed by atoms with Crippen molar-refractivity contribution in [2.75, 3.05) is 33.4 Å². The number of ether oxygens (including phenoxy) is 2. The lowest BCUT2D eigenvalue weighted by Gasteiger charge is -2.34. The van der Waals surface area contributed by atoms with E-state index in [0.717, 1.165) is 11.8 Å². The number of rotatable bonds is 6. The zero-order valence-electron chi connectivity index (χ0n) is 22.6. The number of esters is 1. The Morgan fingerprint density at radius 2 is 1.90 bits per heavy atom. The van der Waals surface area contributed by atoms with Crippen LogP contribution in [0.5, 0.6) is 5.75 Å². The molecule has 214 valence electrons. The van der Waals surface area contributed by atoms with Crippen molar-refractivity contribution >= 4 is 40.6 Å². The van der Waals surface area contributed by atoms with Gasteiger partial charge in [-0.2, -0.15) is 0 Å². The molecule has 41 heavy (non-hydrogen) atoms. The minimum Gasteiger partial charge on any atom is -0.506 e. The molecule has 0 unspecified atom stereocenters. The number of amides is 2. The van der Waals surface area contributed by atoms with E-state index in [1.165, 1.54) is 25.3 Å². The first-order valence-electron chi connectivity index (χ1n) is 13.0. The minimum absolute atomic E-state index is 0.00903. The molecule has 11 heteroatoms. The Bertz CT molecular complexity index is 1470. The van der Waals surface area contributed by atoms with E-state index in [1.807, 2.05) is 6.92 Å². The maximum atomic E-state index is 14.2. The minimum atomic E-state index is -1.21. The predicted octanol–water partition coefficient (Wildman–Crippen LogP) is 4.57. The van der Waals surface area contributed by atoms with E-state index < -0.39 is 17.4 Å². The van der Waals surface area contributed by atoms with Crippen LogP contribution in [-0.4, -0.2) is 71.1 Å². The maximum Gasteiger partial charge on any atom is 0.344 e. The van der Waals surface area contributed by atoms with Crippen LogP contribution in [0.1, 0.15) is 25.3 Å². The number of nitrogens with one attached hydrogen (secondary N) is 1. The molecule has 4 rings (SSSR count). The SMILES string of the molecule is CCNC(=O)N1CCC(O)(C#CCOc2ccccc2/C=C2\SC(=Nc3ccccc3F)C(C(=O)OC)=C2O)CC1. The van der Waals surface area contributed by atoms with Crippen LogP contribution in [0.3, 0.4) is 0 Å².